The van der Waals surface area contributed by atoms with Gasteiger partial charge in [0.05, 0.1) is 11.0 Å². The van der Waals surface area contributed by atoms with Crippen LogP contribution in [0.3, 0.4) is 0 Å². The predicted molar refractivity (Wildman–Crippen MR) is 216 cm³/mol. The minimum atomic E-state index is -0.619. The summed E-state index contributed by atoms with van der Waals surface area (Å²) in [5.41, 5.74) is 1.17. The Balaban J connectivity index is 1.49. The molecule has 0 saturated heterocycles. The zero-order valence-electron chi connectivity index (χ0n) is 39.3. The van der Waals surface area contributed by atoms with E-state index in [0.717, 1.165) is 11.1 Å². The van der Waals surface area contributed by atoms with Crippen molar-refractivity contribution in [1.29, 1.82) is 0 Å². The summed E-state index contributed by atoms with van der Waals surface area (Å²) in [5, 5.41) is 6.06. The molecule has 2 nitrogen and oxygen atoms in total. The average molecular weight is 667 g/mol. The monoisotopic (exact) mass is 666 g/mol. The van der Waals surface area contributed by atoms with Crippen LogP contribution in [0.2, 0.25) is 0 Å². The molecule has 0 aliphatic carbocycles. The lowest BCUT2D eigenvalue weighted by Crippen LogP contribution is -2.18. The van der Waals surface area contributed by atoms with Gasteiger partial charge in [0.15, 0.2) is 11.5 Å². The van der Waals surface area contributed by atoms with Crippen molar-refractivity contribution in [2.24, 2.45) is 0 Å². The lowest BCUT2D eigenvalue weighted by molar-refractivity contribution is -0.0995. The van der Waals surface area contributed by atoms with E-state index in [-0.39, 0.29) is 70.7 Å². The first-order chi connectivity index (χ1) is 26.7. The second kappa shape index (κ2) is 10.5. The molecule has 0 radical (unpaired) electrons. The van der Waals surface area contributed by atoms with Crippen molar-refractivity contribution in [3.05, 3.63) is 107 Å². The SMILES string of the molecule is [2H]c1c([2H])c2cc(C(C)(C)C)c(OOc3c(C(C)(C)C)cc4c([2H])c([2H])c5cc(C(C)(C)C)cc6c([2H])c([2H])c3c4c56)c3c([2H])c([2H])c4cc(C(C)(C)C)cc1c4c23. The number of hydrogen-bond donors (Lipinski definition) is 0. The molecule has 50 heavy (non-hydrogen) atoms. The molecule has 8 rings (SSSR count). The lowest BCUT2D eigenvalue weighted by Gasteiger charge is -2.28. The highest BCUT2D eigenvalue weighted by Gasteiger charge is 2.29. The number of hydrogen-bond acceptors (Lipinski definition) is 2. The summed E-state index contributed by atoms with van der Waals surface area (Å²) in [7, 11) is 0. The van der Waals surface area contributed by atoms with E-state index in [4.69, 9.17) is 9.78 Å². The van der Waals surface area contributed by atoms with Crippen molar-refractivity contribution < 1.29 is 20.7 Å². The van der Waals surface area contributed by atoms with Gasteiger partial charge < -0.3 is 0 Å². The van der Waals surface area contributed by atoms with Gasteiger partial charge in [-0.1, -0.05) is 144 Å². The summed E-state index contributed by atoms with van der Waals surface area (Å²) < 4.78 is 74.9. The van der Waals surface area contributed by atoms with Crippen molar-refractivity contribution in [2.45, 2.75) is 105 Å². The maximum atomic E-state index is 9.57. The summed E-state index contributed by atoms with van der Waals surface area (Å²) in [6, 6.07) is 11.4. The van der Waals surface area contributed by atoms with Crippen LogP contribution in [-0.2, 0) is 21.7 Å². The lowest BCUT2D eigenvalue weighted by atomic mass is 9.80. The molecule has 0 atom stereocenters. The second-order valence-electron chi connectivity index (χ2n) is 18.2. The maximum Gasteiger partial charge on any atom is 0.190 e. The Hall–Kier alpha value is -4.56. The van der Waals surface area contributed by atoms with E-state index in [2.05, 4.69) is 41.5 Å². The quantitative estimate of drug-likeness (QED) is 0.106. The Labute approximate surface area is 308 Å². The summed E-state index contributed by atoms with van der Waals surface area (Å²) in [4.78, 5) is 13.2. The van der Waals surface area contributed by atoms with Gasteiger partial charge in [-0.25, -0.2) is 0 Å². The van der Waals surface area contributed by atoms with Gasteiger partial charge in [-0.3, -0.25) is 9.78 Å². The Kier molecular flexibility index (Phi) is 5.15. The van der Waals surface area contributed by atoms with Gasteiger partial charge in [0.2, 0.25) is 0 Å². The number of rotatable bonds is 3. The molecule has 0 spiro atoms. The fourth-order valence-electron chi connectivity index (χ4n) is 7.27. The van der Waals surface area contributed by atoms with Gasteiger partial charge in [-0.15, -0.1) is 0 Å². The molecule has 0 unspecified atom stereocenters. The third-order valence-corrected chi connectivity index (χ3v) is 10.2. The molecule has 8 aromatic carbocycles. The fraction of sp³-hybridized carbons (Fsp3) is 0.333. The van der Waals surface area contributed by atoms with Crippen LogP contribution in [-0.4, -0.2) is 0 Å². The smallest absolute Gasteiger partial charge is 0.190 e. The van der Waals surface area contributed by atoms with Crippen LogP contribution in [0.5, 0.6) is 11.5 Å². The Morgan fingerprint density at radius 3 is 0.920 bits per heavy atom. The van der Waals surface area contributed by atoms with Crippen LogP contribution in [0.15, 0.2) is 84.7 Å². The summed E-state index contributed by atoms with van der Waals surface area (Å²) in [5.74, 6) is 0.401. The molecule has 0 N–H and O–H groups in total. The highest BCUT2D eigenvalue weighted by Crippen LogP contribution is 2.48. The van der Waals surface area contributed by atoms with Crippen LogP contribution in [0.4, 0.5) is 0 Å². The average Bonchev–Trinajstić information content (AvgIpc) is 3.12. The van der Waals surface area contributed by atoms with Gasteiger partial charge in [0, 0.05) is 32.7 Å². The fourth-order valence-corrected chi connectivity index (χ4v) is 7.27. The third kappa shape index (κ3) is 5.05. The zero-order valence-corrected chi connectivity index (χ0v) is 31.3. The van der Waals surface area contributed by atoms with Gasteiger partial charge >= 0.3 is 0 Å². The Morgan fingerprint density at radius 2 is 0.640 bits per heavy atom. The summed E-state index contributed by atoms with van der Waals surface area (Å²) >= 11 is 0. The zero-order chi connectivity index (χ0) is 42.7. The van der Waals surface area contributed by atoms with Gasteiger partial charge in [0.25, 0.3) is 0 Å². The topological polar surface area (TPSA) is 18.5 Å². The van der Waals surface area contributed by atoms with Crippen molar-refractivity contribution in [3.63, 3.8) is 0 Å². The largest absolute Gasteiger partial charge is 0.289 e. The summed E-state index contributed by atoms with van der Waals surface area (Å²) in [6.07, 6.45) is 0. The highest BCUT2D eigenvalue weighted by molar-refractivity contribution is 6.26. The van der Waals surface area contributed by atoms with E-state index in [1.807, 2.05) is 77.9 Å². The third-order valence-electron chi connectivity index (χ3n) is 10.2. The van der Waals surface area contributed by atoms with Crippen LogP contribution < -0.4 is 9.78 Å². The molecule has 0 aromatic heterocycles. The maximum absolute atomic E-state index is 9.57. The van der Waals surface area contributed by atoms with E-state index >= 15 is 0 Å². The first-order valence-electron chi connectivity index (χ1n) is 21.5. The molecule has 2 heteroatoms. The van der Waals surface area contributed by atoms with Crippen LogP contribution in [0.25, 0.3) is 64.6 Å². The summed E-state index contributed by atoms with van der Waals surface area (Å²) in [6.45, 7) is 24.3. The minimum Gasteiger partial charge on any atom is -0.289 e. The van der Waals surface area contributed by atoms with Crippen LogP contribution in [0.1, 0.15) is 116 Å². The molecule has 0 heterocycles. The van der Waals surface area contributed by atoms with Crippen molar-refractivity contribution in [1.82, 2.24) is 0 Å². The standard InChI is InChI=1S/C48H50O2/c1-45(2,3)33-21-27-13-15-31-25-37(47(7,8)9)43(35-19-17-29(23-33)39(27)41(31)35)49-50-44-36-20-18-30-24-34(46(4,5)6)22-28-14-16-32(42(36)40(28)30)26-38(44)48(10,11)12/h13-26H,1-12H3/i13D,14D,15D,16D,17D,18D,19D,20D. The Bertz CT molecular complexity index is 2820. The van der Waals surface area contributed by atoms with E-state index < -0.39 is 10.8 Å². The molecule has 254 valence electrons. The van der Waals surface area contributed by atoms with E-state index in [9.17, 15) is 11.0 Å². The van der Waals surface area contributed by atoms with Crippen molar-refractivity contribution in [3.8, 4) is 11.5 Å². The second-order valence-corrected chi connectivity index (χ2v) is 18.2. The van der Waals surface area contributed by atoms with Crippen LogP contribution >= 0.6 is 0 Å². The number of benzene rings is 8. The van der Waals surface area contributed by atoms with Gasteiger partial charge in [0.1, 0.15) is 0 Å². The normalized spacial score (nSPS) is 15.8. The van der Waals surface area contributed by atoms with E-state index in [0.29, 0.717) is 75.8 Å². The van der Waals surface area contributed by atoms with E-state index in [1.165, 1.54) is 0 Å². The predicted octanol–water partition coefficient (Wildman–Crippen LogP) is 14.0. The van der Waals surface area contributed by atoms with Gasteiger partial charge in [-0.05, 0) is 100 Å². The van der Waals surface area contributed by atoms with Crippen molar-refractivity contribution in [2.75, 3.05) is 0 Å². The molecule has 0 aliphatic rings. The first-order valence-corrected chi connectivity index (χ1v) is 17.5. The minimum absolute atomic E-state index is 0.0212. The molecular weight excluding hydrogens is 609 g/mol. The van der Waals surface area contributed by atoms with Crippen LogP contribution in [0, 0.1) is 0 Å². The molecule has 8 aromatic rings. The van der Waals surface area contributed by atoms with E-state index in [1.54, 1.807) is 0 Å². The molecule has 0 saturated carbocycles. The van der Waals surface area contributed by atoms with Gasteiger partial charge in [-0.2, -0.15) is 0 Å². The highest BCUT2D eigenvalue weighted by atomic mass is 17.2. The first kappa shape index (κ1) is 24.6. The van der Waals surface area contributed by atoms with Crippen molar-refractivity contribution >= 4 is 64.6 Å². The molecule has 0 aliphatic heterocycles. The molecule has 0 fully saturated rings. The molecular formula is C48H50O2. The Morgan fingerprint density at radius 1 is 0.360 bits per heavy atom. The molecule has 0 bridgehead atoms. The molecule has 0 amide bonds.